The number of hydrogen-bond acceptors (Lipinski definition) is 4. The van der Waals surface area contributed by atoms with Crippen LogP contribution in [0.4, 0.5) is 11.4 Å². The van der Waals surface area contributed by atoms with E-state index in [1.165, 1.54) is 11.8 Å². The molecule has 0 atom stereocenters. The summed E-state index contributed by atoms with van der Waals surface area (Å²) in [6, 6.07) is 12.4. The van der Waals surface area contributed by atoms with E-state index in [1.807, 2.05) is 18.2 Å². The average Bonchev–Trinajstić information content (AvgIpc) is 2.97. The molecule has 2 amide bonds. The molecule has 24 heavy (non-hydrogen) atoms. The minimum absolute atomic E-state index is 0.0378. The van der Waals surface area contributed by atoms with E-state index in [0.29, 0.717) is 12.3 Å². The van der Waals surface area contributed by atoms with Crippen LogP contribution < -0.4 is 10.2 Å². The number of benzene rings is 2. The molecule has 0 aromatic heterocycles. The Morgan fingerprint density at radius 3 is 2.67 bits per heavy atom. The van der Waals surface area contributed by atoms with Crippen LogP contribution in [0.15, 0.2) is 47.4 Å². The highest BCUT2D eigenvalue weighted by molar-refractivity contribution is 8.00. The molecule has 124 valence electrons. The molecular formula is C18H18N2O3S. The number of phenolic OH excluding ortho intramolecular Hbond substituents is 1. The number of aromatic hydroxyl groups is 1. The van der Waals surface area contributed by atoms with Gasteiger partial charge in [0.25, 0.3) is 0 Å². The van der Waals surface area contributed by atoms with Gasteiger partial charge < -0.3 is 15.3 Å². The highest BCUT2D eigenvalue weighted by Gasteiger charge is 2.22. The molecule has 2 aromatic carbocycles. The largest absolute Gasteiger partial charge is 0.508 e. The van der Waals surface area contributed by atoms with Crippen LogP contribution in [-0.4, -0.2) is 29.2 Å². The van der Waals surface area contributed by atoms with Gasteiger partial charge in [-0.1, -0.05) is 0 Å². The molecule has 1 heterocycles. The number of anilines is 2. The lowest BCUT2D eigenvalue weighted by molar-refractivity contribution is -0.116. The number of thioether (sulfide) groups is 1. The second-order valence-electron chi connectivity index (χ2n) is 5.59. The Morgan fingerprint density at radius 1 is 1.21 bits per heavy atom. The highest BCUT2D eigenvalue weighted by atomic mass is 32.2. The van der Waals surface area contributed by atoms with Crippen LogP contribution in [-0.2, 0) is 16.0 Å². The van der Waals surface area contributed by atoms with E-state index in [1.54, 1.807) is 36.1 Å². The van der Waals surface area contributed by atoms with Crippen molar-refractivity contribution in [2.45, 2.75) is 18.2 Å². The Morgan fingerprint density at radius 2 is 1.96 bits per heavy atom. The lowest BCUT2D eigenvalue weighted by atomic mass is 10.1. The number of carbonyl (C=O) groups is 2. The van der Waals surface area contributed by atoms with E-state index in [9.17, 15) is 14.7 Å². The van der Waals surface area contributed by atoms with Gasteiger partial charge >= 0.3 is 0 Å². The van der Waals surface area contributed by atoms with Crippen LogP contribution in [0, 0.1) is 0 Å². The Kier molecular flexibility index (Phi) is 4.76. The van der Waals surface area contributed by atoms with Crippen LogP contribution in [0.3, 0.4) is 0 Å². The van der Waals surface area contributed by atoms with Crippen LogP contribution in [0.25, 0.3) is 0 Å². The van der Waals surface area contributed by atoms with Gasteiger partial charge in [-0.25, -0.2) is 0 Å². The third-order valence-electron chi connectivity index (χ3n) is 3.85. The van der Waals surface area contributed by atoms with Crippen molar-refractivity contribution in [3.8, 4) is 5.75 Å². The van der Waals surface area contributed by atoms with Crippen molar-refractivity contribution in [3.05, 3.63) is 48.0 Å². The van der Waals surface area contributed by atoms with Gasteiger partial charge in [-0.2, -0.15) is 0 Å². The fourth-order valence-corrected chi connectivity index (χ4v) is 3.39. The summed E-state index contributed by atoms with van der Waals surface area (Å²) in [6.45, 7) is 2.25. The zero-order valence-electron chi connectivity index (χ0n) is 13.3. The van der Waals surface area contributed by atoms with Crippen molar-refractivity contribution < 1.29 is 14.7 Å². The number of nitrogens with one attached hydrogen (secondary N) is 1. The number of nitrogens with zero attached hydrogens (tertiary/aromatic N) is 1. The third-order valence-corrected chi connectivity index (χ3v) is 4.86. The van der Waals surface area contributed by atoms with Crippen LogP contribution >= 0.6 is 11.8 Å². The highest BCUT2D eigenvalue weighted by Crippen LogP contribution is 2.30. The minimum Gasteiger partial charge on any atom is -0.508 e. The second kappa shape index (κ2) is 6.97. The smallest absolute Gasteiger partial charge is 0.234 e. The molecule has 1 aliphatic heterocycles. The molecule has 0 unspecified atom stereocenters. The van der Waals surface area contributed by atoms with Gasteiger partial charge in [-0.05, 0) is 54.4 Å². The van der Waals surface area contributed by atoms with Crippen LogP contribution in [0.2, 0.25) is 0 Å². The van der Waals surface area contributed by atoms with Crippen molar-refractivity contribution >= 4 is 35.0 Å². The Bertz CT molecular complexity index is 774. The topological polar surface area (TPSA) is 69.6 Å². The van der Waals surface area contributed by atoms with Crippen LogP contribution in [0.1, 0.15) is 12.5 Å². The summed E-state index contributed by atoms with van der Waals surface area (Å²) in [7, 11) is 0. The number of fused-ring (bicyclic) bond motifs is 1. The zero-order valence-corrected chi connectivity index (χ0v) is 14.1. The maximum Gasteiger partial charge on any atom is 0.234 e. The summed E-state index contributed by atoms with van der Waals surface area (Å²) >= 11 is 1.41. The molecular weight excluding hydrogens is 324 g/mol. The van der Waals surface area contributed by atoms with Crippen molar-refractivity contribution in [2.75, 3.05) is 22.5 Å². The first kappa shape index (κ1) is 16.4. The molecule has 6 heteroatoms. The first-order chi connectivity index (χ1) is 11.5. The summed E-state index contributed by atoms with van der Waals surface area (Å²) in [5, 5.41) is 12.1. The van der Waals surface area contributed by atoms with E-state index in [0.717, 1.165) is 28.3 Å². The number of rotatable bonds is 4. The molecule has 1 aliphatic rings. The number of carbonyl (C=O) groups excluding carboxylic acids is 2. The summed E-state index contributed by atoms with van der Waals surface area (Å²) in [6.07, 6.45) is 0.806. The maximum atomic E-state index is 12.1. The summed E-state index contributed by atoms with van der Waals surface area (Å²) in [4.78, 5) is 26.3. The van der Waals surface area contributed by atoms with E-state index in [4.69, 9.17) is 0 Å². The van der Waals surface area contributed by atoms with E-state index >= 15 is 0 Å². The molecule has 2 N–H and O–H groups in total. The third kappa shape index (κ3) is 3.71. The van der Waals surface area contributed by atoms with Gasteiger partial charge in [0.15, 0.2) is 0 Å². The van der Waals surface area contributed by atoms with Crippen LogP contribution in [0.5, 0.6) is 5.75 Å². The van der Waals surface area contributed by atoms with Crippen molar-refractivity contribution in [3.63, 3.8) is 0 Å². The number of hydrogen-bond donors (Lipinski definition) is 2. The maximum absolute atomic E-state index is 12.1. The molecule has 0 fully saturated rings. The Hall–Kier alpha value is -2.47. The number of phenols is 1. The average molecular weight is 342 g/mol. The van der Waals surface area contributed by atoms with Gasteiger partial charge in [0.05, 0.1) is 5.75 Å². The zero-order chi connectivity index (χ0) is 17.1. The summed E-state index contributed by atoms with van der Waals surface area (Å²) in [5.74, 6) is 0.452. The molecule has 0 radical (unpaired) electrons. The molecule has 0 spiro atoms. The van der Waals surface area contributed by atoms with Gasteiger partial charge in [0, 0.05) is 29.7 Å². The predicted octanol–water partition coefficient (Wildman–Crippen LogP) is 3.03. The van der Waals surface area contributed by atoms with E-state index < -0.39 is 0 Å². The van der Waals surface area contributed by atoms with Gasteiger partial charge in [-0.15, -0.1) is 11.8 Å². The van der Waals surface area contributed by atoms with Gasteiger partial charge in [0.1, 0.15) is 5.75 Å². The van der Waals surface area contributed by atoms with E-state index in [2.05, 4.69) is 5.32 Å². The van der Waals surface area contributed by atoms with Gasteiger partial charge in [-0.3, -0.25) is 9.59 Å². The lowest BCUT2D eigenvalue weighted by Gasteiger charge is -2.15. The summed E-state index contributed by atoms with van der Waals surface area (Å²) < 4.78 is 0. The summed E-state index contributed by atoms with van der Waals surface area (Å²) in [5.41, 5.74) is 2.75. The SMILES string of the molecule is CC(=O)N1CCc2cc(NC(=O)CSc3ccc(O)cc3)ccc21. The Labute approximate surface area is 144 Å². The van der Waals surface area contributed by atoms with Gasteiger partial charge in [0.2, 0.25) is 11.8 Å². The van der Waals surface area contributed by atoms with Crippen molar-refractivity contribution in [2.24, 2.45) is 0 Å². The first-order valence-corrected chi connectivity index (χ1v) is 8.64. The quantitative estimate of drug-likeness (QED) is 0.838. The molecule has 0 saturated heterocycles. The molecule has 0 saturated carbocycles. The van der Waals surface area contributed by atoms with Crippen molar-refractivity contribution in [1.82, 2.24) is 0 Å². The second-order valence-corrected chi connectivity index (χ2v) is 6.64. The molecule has 2 aromatic rings. The van der Waals surface area contributed by atoms with Crippen molar-refractivity contribution in [1.29, 1.82) is 0 Å². The number of amides is 2. The molecule has 0 aliphatic carbocycles. The molecule has 0 bridgehead atoms. The standard InChI is InChI=1S/C18H18N2O3S/c1-12(21)20-9-8-13-10-14(2-7-17(13)20)19-18(23)11-24-16-5-3-15(22)4-6-16/h2-7,10,22H,8-9,11H2,1H3,(H,19,23). The monoisotopic (exact) mass is 342 g/mol. The Balaban J connectivity index is 1.59. The fraction of sp³-hybridized carbons (Fsp3) is 0.222. The lowest BCUT2D eigenvalue weighted by Crippen LogP contribution is -2.25. The normalized spacial score (nSPS) is 12.8. The predicted molar refractivity (Wildman–Crippen MR) is 95.6 cm³/mol. The molecule has 5 nitrogen and oxygen atoms in total. The fourth-order valence-electron chi connectivity index (χ4n) is 2.69. The van der Waals surface area contributed by atoms with E-state index in [-0.39, 0.29) is 17.6 Å². The first-order valence-electron chi connectivity index (χ1n) is 7.65. The minimum atomic E-state index is -0.0885. The molecule has 3 rings (SSSR count).